The predicted octanol–water partition coefficient (Wildman–Crippen LogP) is 2.85. The number of nitrogens with one attached hydrogen (secondary N) is 2. The predicted molar refractivity (Wildman–Crippen MR) is 75.0 cm³/mol. The van der Waals surface area contributed by atoms with E-state index in [1.807, 2.05) is 0 Å². The Labute approximate surface area is 114 Å². The molecule has 1 fully saturated rings. The third-order valence-corrected chi connectivity index (χ3v) is 3.51. The second-order valence-corrected chi connectivity index (χ2v) is 5.23. The fourth-order valence-electron chi connectivity index (χ4n) is 2.34. The van der Waals surface area contributed by atoms with E-state index in [9.17, 15) is 0 Å². The Morgan fingerprint density at radius 1 is 1.06 bits per heavy atom. The standard InChI is InChI=1S/C13H21ClN4/c14-11-9-17-13(18-10-11)16-8-7-15-12-5-3-1-2-4-6-12/h9-10,12,15H,1-8H2,(H,16,17,18). The van der Waals surface area contributed by atoms with Crippen molar-refractivity contribution in [2.75, 3.05) is 18.4 Å². The van der Waals surface area contributed by atoms with E-state index in [-0.39, 0.29) is 0 Å². The maximum absolute atomic E-state index is 5.72. The molecule has 0 aliphatic heterocycles. The molecule has 1 aliphatic carbocycles. The van der Waals surface area contributed by atoms with Gasteiger partial charge in [-0.1, -0.05) is 37.3 Å². The van der Waals surface area contributed by atoms with Gasteiger partial charge in [-0.25, -0.2) is 9.97 Å². The van der Waals surface area contributed by atoms with Crippen molar-refractivity contribution in [2.24, 2.45) is 0 Å². The topological polar surface area (TPSA) is 49.8 Å². The zero-order chi connectivity index (χ0) is 12.6. The second-order valence-electron chi connectivity index (χ2n) is 4.79. The van der Waals surface area contributed by atoms with Crippen molar-refractivity contribution in [3.05, 3.63) is 17.4 Å². The summed E-state index contributed by atoms with van der Waals surface area (Å²) >= 11 is 5.72. The molecule has 0 radical (unpaired) electrons. The fraction of sp³-hybridized carbons (Fsp3) is 0.692. The second kappa shape index (κ2) is 7.54. The average molecular weight is 269 g/mol. The number of nitrogens with zero attached hydrogens (tertiary/aromatic N) is 2. The monoisotopic (exact) mass is 268 g/mol. The molecule has 0 amide bonds. The normalized spacial score (nSPS) is 17.4. The first-order valence-corrected chi connectivity index (χ1v) is 7.17. The van der Waals surface area contributed by atoms with Gasteiger partial charge in [0.1, 0.15) is 0 Å². The highest BCUT2D eigenvalue weighted by atomic mass is 35.5. The van der Waals surface area contributed by atoms with E-state index >= 15 is 0 Å². The molecule has 4 nitrogen and oxygen atoms in total. The van der Waals surface area contributed by atoms with Crippen molar-refractivity contribution < 1.29 is 0 Å². The Bertz CT molecular complexity index is 333. The number of rotatable bonds is 5. The lowest BCUT2D eigenvalue weighted by atomic mass is 10.1. The summed E-state index contributed by atoms with van der Waals surface area (Å²) in [6, 6.07) is 0.695. The molecule has 1 aromatic rings. The van der Waals surface area contributed by atoms with Crippen LogP contribution in [0.2, 0.25) is 5.02 Å². The molecule has 2 rings (SSSR count). The van der Waals surface area contributed by atoms with Crippen LogP contribution in [0.3, 0.4) is 0 Å². The summed E-state index contributed by atoms with van der Waals surface area (Å²) in [7, 11) is 0. The summed E-state index contributed by atoms with van der Waals surface area (Å²) in [6.45, 7) is 1.80. The van der Waals surface area contributed by atoms with Crippen LogP contribution in [0.15, 0.2) is 12.4 Å². The molecular weight excluding hydrogens is 248 g/mol. The fourth-order valence-corrected chi connectivity index (χ4v) is 2.44. The minimum atomic E-state index is 0.567. The van der Waals surface area contributed by atoms with E-state index in [1.54, 1.807) is 12.4 Å². The van der Waals surface area contributed by atoms with Crippen molar-refractivity contribution in [1.82, 2.24) is 15.3 Å². The molecule has 1 saturated carbocycles. The number of halogens is 1. The SMILES string of the molecule is Clc1cnc(NCCNC2CCCCCC2)nc1. The summed E-state index contributed by atoms with van der Waals surface area (Å²) in [4.78, 5) is 8.19. The quantitative estimate of drug-likeness (QED) is 0.637. The van der Waals surface area contributed by atoms with E-state index in [0.717, 1.165) is 13.1 Å². The summed E-state index contributed by atoms with van der Waals surface area (Å²) in [5.74, 6) is 0.641. The Kier molecular flexibility index (Phi) is 5.68. The van der Waals surface area contributed by atoms with Crippen LogP contribution in [-0.2, 0) is 0 Å². The molecule has 0 aromatic carbocycles. The number of anilines is 1. The summed E-state index contributed by atoms with van der Waals surface area (Å²) < 4.78 is 0. The van der Waals surface area contributed by atoms with Gasteiger partial charge in [0.2, 0.25) is 5.95 Å². The van der Waals surface area contributed by atoms with Crippen LogP contribution in [0.1, 0.15) is 38.5 Å². The van der Waals surface area contributed by atoms with Crippen molar-refractivity contribution in [3.63, 3.8) is 0 Å². The lowest BCUT2D eigenvalue weighted by Crippen LogP contribution is -2.32. The van der Waals surface area contributed by atoms with Gasteiger partial charge >= 0.3 is 0 Å². The van der Waals surface area contributed by atoms with E-state index in [0.29, 0.717) is 17.0 Å². The van der Waals surface area contributed by atoms with E-state index in [4.69, 9.17) is 11.6 Å². The van der Waals surface area contributed by atoms with Crippen LogP contribution in [0, 0.1) is 0 Å². The molecule has 1 heterocycles. The lowest BCUT2D eigenvalue weighted by molar-refractivity contribution is 0.468. The molecule has 1 aromatic heterocycles. The van der Waals surface area contributed by atoms with Gasteiger partial charge in [0.05, 0.1) is 17.4 Å². The van der Waals surface area contributed by atoms with Crippen molar-refractivity contribution in [3.8, 4) is 0 Å². The van der Waals surface area contributed by atoms with Crippen molar-refractivity contribution in [2.45, 2.75) is 44.6 Å². The molecule has 0 spiro atoms. The summed E-state index contributed by atoms with van der Waals surface area (Å²) in [5.41, 5.74) is 0. The highest BCUT2D eigenvalue weighted by molar-refractivity contribution is 6.30. The molecule has 1 aliphatic rings. The smallest absolute Gasteiger partial charge is 0.222 e. The van der Waals surface area contributed by atoms with Gasteiger partial charge < -0.3 is 10.6 Å². The molecule has 5 heteroatoms. The van der Waals surface area contributed by atoms with E-state index < -0.39 is 0 Å². The third kappa shape index (κ3) is 4.78. The van der Waals surface area contributed by atoms with E-state index in [1.165, 1.54) is 38.5 Å². The largest absolute Gasteiger partial charge is 0.353 e. The first-order valence-electron chi connectivity index (χ1n) is 6.79. The first-order chi connectivity index (χ1) is 8.84. The van der Waals surface area contributed by atoms with Crippen LogP contribution in [-0.4, -0.2) is 29.1 Å². The molecular formula is C13H21ClN4. The Morgan fingerprint density at radius 2 is 1.72 bits per heavy atom. The van der Waals surface area contributed by atoms with Gasteiger partial charge in [0.15, 0.2) is 0 Å². The van der Waals surface area contributed by atoms with E-state index in [2.05, 4.69) is 20.6 Å². The molecule has 2 N–H and O–H groups in total. The number of aromatic nitrogens is 2. The van der Waals surface area contributed by atoms with Crippen LogP contribution in [0.4, 0.5) is 5.95 Å². The van der Waals surface area contributed by atoms with Gasteiger partial charge in [-0.2, -0.15) is 0 Å². The summed E-state index contributed by atoms with van der Waals surface area (Å²) in [5, 5.41) is 7.35. The lowest BCUT2D eigenvalue weighted by Gasteiger charge is -2.16. The van der Waals surface area contributed by atoms with Crippen molar-refractivity contribution in [1.29, 1.82) is 0 Å². The maximum atomic E-state index is 5.72. The molecule has 18 heavy (non-hydrogen) atoms. The van der Waals surface area contributed by atoms with Crippen LogP contribution >= 0.6 is 11.6 Å². The first kappa shape index (κ1) is 13.6. The van der Waals surface area contributed by atoms with Gasteiger partial charge in [-0.05, 0) is 12.8 Å². The third-order valence-electron chi connectivity index (χ3n) is 3.32. The highest BCUT2D eigenvalue weighted by Gasteiger charge is 2.10. The maximum Gasteiger partial charge on any atom is 0.222 e. The molecule has 0 saturated heterocycles. The molecule has 100 valence electrons. The Balaban J connectivity index is 1.61. The van der Waals surface area contributed by atoms with Crippen LogP contribution < -0.4 is 10.6 Å². The van der Waals surface area contributed by atoms with Gasteiger partial charge in [-0.3, -0.25) is 0 Å². The minimum Gasteiger partial charge on any atom is -0.353 e. The number of hydrogen-bond acceptors (Lipinski definition) is 4. The van der Waals surface area contributed by atoms with Gasteiger partial charge in [0.25, 0.3) is 0 Å². The van der Waals surface area contributed by atoms with Gasteiger partial charge in [-0.15, -0.1) is 0 Å². The minimum absolute atomic E-state index is 0.567. The Morgan fingerprint density at radius 3 is 2.39 bits per heavy atom. The zero-order valence-electron chi connectivity index (χ0n) is 10.7. The Hall–Kier alpha value is -0.870. The zero-order valence-corrected chi connectivity index (χ0v) is 11.4. The number of hydrogen-bond donors (Lipinski definition) is 2. The van der Waals surface area contributed by atoms with Gasteiger partial charge in [0, 0.05) is 19.1 Å². The molecule has 0 atom stereocenters. The summed E-state index contributed by atoms with van der Waals surface area (Å²) in [6.07, 6.45) is 11.4. The van der Waals surface area contributed by atoms with Crippen LogP contribution in [0.5, 0.6) is 0 Å². The highest BCUT2D eigenvalue weighted by Crippen LogP contribution is 2.16. The molecule has 0 unspecified atom stereocenters. The molecule has 0 bridgehead atoms. The van der Waals surface area contributed by atoms with Crippen molar-refractivity contribution >= 4 is 17.5 Å². The average Bonchev–Trinajstić information content (AvgIpc) is 2.65. The van der Waals surface area contributed by atoms with Crippen LogP contribution in [0.25, 0.3) is 0 Å².